The molecule has 0 spiro atoms. The van der Waals surface area contributed by atoms with Crippen LogP contribution in [-0.4, -0.2) is 80.6 Å². The van der Waals surface area contributed by atoms with Crippen LogP contribution in [-0.2, 0) is 12.7 Å². The van der Waals surface area contributed by atoms with Gasteiger partial charge in [0.05, 0.1) is 5.56 Å². The maximum absolute atomic E-state index is 12.7. The quantitative estimate of drug-likeness (QED) is 0.247. The molecule has 30 heavy (non-hydrogen) atoms. The summed E-state index contributed by atoms with van der Waals surface area (Å²) >= 11 is 0. The van der Waals surface area contributed by atoms with Crippen LogP contribution in [0.1, 0.15) is 30.9 Å². The molecule has 1 N–H and O–H groups in total. The highest BCUT2D eigenvalue weighted by molar-refractivity contribution is 14.0. The monoisotopic (exact) mass is 541 g/mol. The van der Waals surface area contributed by atoms with E-state index < -0.39 is 11.7 Å². The molecule has 1 aromatic carbocycles. The molecule has 5 nitrogen and oxygen atoms in total. The lowest BCUT2D eigenvalue weighted by atomic mass is 10.1. The Morgan fingerprint density at radius 3 is 2.47 bits per heavy atom. The molecule has 0 aromatic heterocycles. The summed E-state index contributed by atoms with van der Waals surface area (Å²) in [6.07, 6.45) is -2.10. The lowest BCUT2D eigenvalue weighted by Crippen LogP contribution is -2.38. The fourth-order valence-corrected chi connectivity index (χ4v) is 3.42. The van der Waals surface area contributed by atoms with Gasteiger partial charge in [0.2, 0.25) is 0 Å². The van der Waals surface area contributed by atoms with Crippen molar-refractivity contribution in [3.8, 4) is 0 Å². The van der Waals surface area contributed by atoms with Crippen molar-refractivity contribution in [3.05, 3.63) is 35.4 Å². The van der Waals surface area contributed by atoms with Crippen molar-refractivity contribution in [1.82, 2.24) is 20.0 Å². The third-order valence-electron chi connectivity index (χ3n) is 5.10. The number of hydrogen-bond acceptors (Lipinski definition) is 3. The predicted molar refractivity (Wildman–Crippen MR) is 127 cm³/mol. The molecule has 0 amide bonds. The van der Waals surface area contributed by atoms with Crippen LogP contribution < -0.4 is 5.32 Å². The van der Waals surface area contributed by atoms with E-state index in [2.05, 4.69) is 22.2 Å². The average Bonchev–Trinajstić information content (AvgIpc) is 2.88. The molecule has 2 rings (SSSR count). The summed E-state index contributed by atoms with van der Waals surface area (Å²) in [6, 6.07) is 5.32. The molecule has 0 radical (unpaired) electrons. The SMILES string of the molecule is CCNC(=NCCCN1CCCN(C)CC1)N(C)Cc1ccc(C(F)(F)F)cc1.I. The van der Waals surface area contributed by atoms with E-state index in [0.29, 0.717) is 6.54 Å². The molecule has 1 aromatic rings. The Balaban J connectivity index is 0.00000450. The number of benzene rings is 1. The zero-order valence-corrected chi connectivity index (χ0v) is 20.5. The van der Waals surface area contributed by atoms with Gasteiger partial charge in [-0.25, -0.2) is 0 Å². The summed E-state index contributed by atoms with van der Waals surface area (Å²) < 4.78 is 38.1. The number of rotatable bonds is 7. The van der Waals surface area contributed by atoms with E-state index >= 15 is 0 Å². The van der Waals surface area contributed by atoms with Gasteiger partial charge >= 0.3 is 6.18 Å². The van der Waals surface area contributed by atoms with E-state index in [4.69, 9.17) is 4.99 Å². The summed E-state index contributed by atoms with van der Waals surface area (Å²) in [6.45, 7) is 9.55. The van der Waals surface area contributed by atoms with Crippen molar-refractivity contribution >= 4 is 29.9 Å². The molecule has 172 valence electrons. The van der Waals surface area contributed by atoms with Gasteiger partial charge in [-0.2, -0.15) is 13.2 Å². The number of guanidine groups is 1. The Hall–Kier alpha value is -1.07. The maximum atomic E-state index is 12.7. The van der Waals surface area contributed by atoms with Crippen molar-refractivity contribution in [2.75, 3.05) is 59.9 Å². The van der Waals surface area contributed by atoms with Gasteiger partial charge in [-0.3, -0.25) is 4.99 Å². The topological polar surface area (TPSA) is 34.1 Å². The van der Waals surface area contributed by atoms with Crippen molar-refractivity contribution < 1.29 is 13.2 Å². The number of likely N-dealkylation sites (N-methyl/N-ethyl adjacent to an activating group) is 1. The molecular formula is C21H35F3IN5. The summed E-state index contributed by atoms with van der Waals surface area (Å²) in [5, 5.41) is 3.27. The third kappa shape index (κ3) is 9.38. The average molecular weight is 541 g/mol. The normalized spacial score (nSPS) is 16.7. The Morgan fingerprint density at radius 1 is 1.13 bits per heavy atom. The number of nitrogens with one attached hydrogen (secondary N) is 1. The van der Waals surface area contributed by atoms with Crippen molar-refractivity contribution in [1.29, 1.82) is 0 Å². The molecule has 1 heterocycles. The van der Waals surface area contributed by atoms with Crippen molar-refractivity contribution in [3.63, 3.8) is 0 Å². The fraction of sp³-hybridized carbons (Fsp3) is 0.667. The number of alkyl halides is 3. The molecule has 0 aliphatic carbocycles. The van der Waals surface area contributed by atoms with Crippen LogP contribution in [0.3, 0.4) is 0 Å². The van der Waals surface area contributed by atoms with Gasteiger partial charge in [-0.1, -0.05) is 12.1 Å². The van der Waals surface area contributed by atoms with Gasteiger partial charge in [0.1, 0.15) is 0 Å². The molecule has 0 unspecified atom stereocenters. The van der Waals surface area contributed by atoms with Crippen LogP contribution in [0.5, 0.6) is 0 Å². The molecule has 1 aliphatic heterocycles. The molecule has 1 aliphatic rings. The first-order valence-corrected chi connectivity index (χ1v) is 10.4. The van der Waals surface area contributed by atoms with Gasteiger partial charge in [-0.15, -0.1) is 24.0 Å². The predicted octanol–water partition coefficient (Wildman–Crippen LogP) is 3.75. The fourth-order valence-electron chi connectivity index (χ4n) is 3.42. The number of halogens is 4. The maximum Gasteiger partial charge on any atom is 0.416 e. The van der Waals surface area contributed by atoms with E-state index in [-0.39, 0.29) is 24.0 Å². The minimum atomic E-state index is -4.30. The first kappa shape index (κ1) is 27.0. The van der Waals surface area contributed by atoms with Crippen molar-refractivity contribution in [2.45, 2.75) is 32.5 Å². The molecular weight excluding hydrogens is 506 g/mol. The minimum Gasteiger partial charge on any atom is -0.357 e. The second kappa shape index (κ2) is 13.4. The highest BCUT2D eigenvalue weighted by Crippen LogP contribution is 2.29. The summed E-state index contributed by atoms with van der Waals surface area (Å²) in [5.74, 6) is 0.781. The van der Waals surface area contributed by atoms with Crippen LogP contribution in [0.15, 0.2) is 29.3 Å². The number of aliphatic imine (C=N–C) groups is 1. The van der Waals surface area contributed by atoms with Gasteiger partial charge in [0.25, 0.3) is 0 Å². The van der Waals surface area contributed by atoms with Gasteiger partial charge < -0.3 is 20.0 Å². The van der Waals surface area contributed by atoms with E-state index in [9.17, 15) is 13.2 Å². The van der Waals surface area contributed by atoms with Crippen LogP contribution >= 0.6 is 24.0 Å². The standard InChI is InChI=1S/C21H34F3N5.HI/c1-4-25-20(26-11-5-13-29-14-6-12-27(2)15-16-29)28(3)17-18-7-9-19(10-8-18)21(22,23)24;/h7-10H,4-6,11-17H2,1-3H3,(H,25,26);1H. The Labute approximate surface area is 195 Å². The zero-order valence-electron chi connectivity index (χ0n) is 18.2. The molecule has 1 fully saturated rings. The van der Waals surface area contributed by atoms with Crippen LogP contribution in [0.2, 0.25) is 0 Å². The summed E-state index contributed by atoms with van der Waals surface area (Å²) in [4.78, 5) is 11.5. The molecule has 0 saturated carbocycles. The number of nitrogens with zero attached hydrogens (tertiary/aromatic N) is 4. The highest BCUT2D eigenvalue weighted by atomic mass is 127. The first-order valence-electron chi connectivity index (χ1n) is 10.4. The number of hydrogen-bond donors (Lipinski definition) is 1. The first-order chi connectivity index (χ1) is 13.8. The molecule has 1 saturated heterocycles. The molecule has 9 heteroatoms. The largest absolute Gasteiger partial charge is 0.416 e. The Kier molecular flexibility index (Phi) is 12.0. The molecule has 0 bridgehead atoms. The van der Waals surface area contributed by atoms with E-state index in [1.807, 2.05) is 18.9 Å². The second-order valence-corrected chi connectivity index (χ2v) is 7.64. The lowest BCUT2D eigenvalue weighted by molar-refractivity contribution is -0.137. The smallest absolute Gasteiger partial charge is 0.357 e. The van der Waals surface area contributed by atoms with E-state index in [1.165, 1.54) is 18.6 Å². The lowest BCUT2D eigenvalue weighted by Gasteiger charge is -2.23. The van der Waals surface area contributed by atoms with Crippen LogP contribution in [0.25, 0.3) is 0 Å². The van der Waals surface area contributed by atoms with E-state index in [0.717, 1.165) is 75.9 Å². The summed E-state index contributed by atoms with van der Waals surface area (Å²) in [5.41, 5.74) is 0.198. The summed E-state index contributed by atoms with van der Waals surface area (Å²) in [7, 11) is 4.08. The molecule has 0 atom stereocenters. The Morgan fingerprint density at radius 2 is 1.83 bits per heavy atom. The van der Waals surface area contributed by atoms with Gasteiger partial charge in [-0.05, 0) is 64.1 Å². The second-order valence-electron chi connectivity index (χ2n) is 7.64. The highest BCUT2D eigenvalue weighted by Gasteiger charge is 2.29. The van der Waals surface area contributed by atoms with Crippen LogP contribution in [0.4, 0.5) is 13.2 Å². The van der Waals surface area contributed by atoms with Gasteiger partial charge in [0.15, 0.2) is 5.96 Å². The zero-order chi connectivity index (χ0) is 21.3. The van der Waals surface area contributed by atoms with Gasteiger partial charge in [0, 0.05) is 39.8 Å². The third-order valence-corrected chi connectivity index (χ3v) is 5.10. The van der Waals surface area contributed by atoms with Crippen LogP contribution in [0, 0.1) is 0 Å². The Bertz CT molecular complexity index is 637. The minimum absolute atomic E-state index is 0. The van der Waals surface area contributed by atoms with E-state index in [1.54, 1.807) is 0 Å². The van der Waals surface area contributed by atoms with Crippen molar-refractivity contribution in [2.24, 2.45) is 4.99 Å².